The highest BCUT2D eigenvalue weighted by Gasteiger charge is 2.14. The van der Waals surface area contributed by atoms with Crippen molar-refractivity contribution < 1.29 is 9.53 Å². The van der Waals surface area contributed by atoms with Gasteiger partial charge in [-0.1, -0.05) is 36.4 Å². The van der Waals surface area contributed by atoms with Crippen LogP contribution in [0.4, 0.5) is 0 Å². The highest BCUT2D eigenvalue weighted by atomic mass is 16.5. The van der Waals surface area contributed by atoms with Gasteiger partial charge < -0.3 is 9.30 Å². The average Bonchev–Trinajstić information content (AvgIpc) is 2.87. The van der Waals surface area contributed by atoms with E-state index >= 15 is 0 Å². The molecule has 5 heteroatoms. The van der Waals surface area contributed by atoms with E-state index in [4.69, 9.17) is 4.74 Å². The Balaban J connectivity index is 1.69. The Morgan fingerprint density at radius 3 is 2.60 bits per heavy atom. The summed E-state index contributed by atoms with van der Waals surface area (Å²) in [5, 5.41) is 5.22. The minimum absolute atomic E-state index is 0.294. The SMILES string of the molecule is Cc1c(C=NNC(=O)[C@@H](C)Oc2ccccc2)c2ccccc2n1C. The summed E-state index contributed by atoms with van der Waals surface area (Å²) in [4.78, 5) is 12.1. The second kappa shape index (κ2) is 7.21. The van der Waals surface area contributed by atoms with Crippen LogP contribution in [0.25, 0.3) is 10.9 Å². The summed E-state index contributed by atoms with van der Waals surface area (Å²) in [6, 6.07) is 17.4. The Hall–Kier alpha value is -3.08. The Bertz CT molecular complexity index is 913. The Labute approximate surface area is 146 Å². The first kappa shape index (κ1) is 16.8. The number of carbonyl (C=O) groups excluding carboxylic acids is 1. The van der Waals surface area contributed by atoms with E-state index in [0.717, 1.165) is 22.2 Å². The van der Waals surface area contributed by atoms with Gasteiger partial charge in [0.2, 0.25) is 0 Å². The smallest absolute Gasteiger partial charge is 0.280 e. The molecule has 0 fully saturated rings. The Morgan fingerprint density at radius 2 is 1.84 bits per heavy atom. The topological polar surface area (TPSA) is 55.6 Å². The van der Waals surface area contributed by atoms with Crippen LogP contribution in [0.1, 0.15) is 18.2 Å². The molecule has 1 aromatic heterocycles. The molecule has 0 radical (unpaired) electrons. The van der Waals surface area contributed by atoms with Gasteiger partial charge in [0.1, 0.15) is 5.75 Å². The quantitative estimate of drug-likeness (QED) is 0.574. The van der Waals surface area contributed by atoms with E-state index in [1.807, 2.05) is 62.5 Å². The number of para-hydroxylation sites is 2. The lowest BCUT2D eigenvalue weighted by Crippen LogP contribution is -2.33. The van der Waals surface area contributed by atoms with Crippen LogP contribution < -0.4 is 10.2 Å². The average molecular weight is 335 g/mol. The van der Waals surface area contributed by atoms with Gasteiger partial charge in [-0.2, -0.15) is 5.10 Å². The van der Waals surface area contributed by atoms with Crippen molar-refractivity contribution in [3.63, 3.8) is 0 Å². The second-order valence-electron chi connectivity index (χ2n) is 5.88. The molecule has 1 N–H and O–H groups in total. The molecule has 0 saturated heterocycles. The molecule has 0 bridgehead atoms. The number of ether oxygens (including phenoxy) is 1. The van der Waals surface area contributed by atoms with Crippen molar-refractivity contribution in [1.29, 1.82) is 0 Å². The van der Waals surface area contributed by atoms with Gasteiger partial charge in [-0.3, -0.25) is 4.79 Å². The van der Waals surface area contributed by atoms with E-state index in [1.54, 1.807) is 13.1 Å². The maximum atomic E-state index is 12.1. The van der Waals surface area contributed by atoms with Crippen molar-refractivity contribution >= 4 is 23.0 Å². The molecule has 25 heavy (non-hydrogen) atoms. The summed E-state index contributed by atoms with van der Waals surface area (Å²) < 4.78 is 7.70. The number of carbonyl (C=O) groups is 1. The number of hydrogen-bond donors (Lipinski definition) is 1. The molecule has 3 rings (SSSR count). The van der Waals surface area contributed by atoms with Crippen molar-refractivity contribution in [3.05, 3.63) is 65.9 Å². The number of benzene rings is 2. The molecule has 128 valence electrons. The summed E-state index contributed by atoms with van der Waals surface area (Å²) in [6.45, 7) is 3.73. The zero-order chi connectivity index (χ0) is 17.8. The van der Waals surface area contributed by atoms with Crippen molar-refractivity contribution in [2.45, 2.75) is 20.0 Å². The predicted molar refractivity (Wildman–Crippen MR) is 99.9 cm³/mol. The molecule has 1 heterocycles. The lowest BCUT2D eigenvalue weighted by Gasteiger charge is -2.12. The van der Waals surface area contributed by atoms with Gasteiger partial charge in [0.05, 0.1) is 6.21 Å². The zero-order valence-corrected chi connectivity index (χ0v) is 14.6. The van der Waals surface area contributed by atoms with Crippen LogP contribution in [0.15, 0.2) is 59.7 Å². The number of hydrazone groups is 1. The number of amides is 1. The second-order valence-corrected chi connectivity index (χ2v) is 5.88. The van der Waals surface area contributed by atoms with Crippen LogP contribution in [0.2, 0.25) is 0 Å². The number of aromatic nitrogens is 1. The minimum Gasteiger partial charge on any atom is -0.481 e. The highest BCUT2D eigenvalue weighted by Crippen LogP contribution is 2.22. The zero-order valence-electron chi connectivity index (χ0n) is 14.6. The first-order chi connectivity index (χ1) is 12.1. The summed E-state index contributed by atoms with van der Waals surface area (Å²) >= 11 is 0. The monoisotopic (exact) mass is 335 g/mol. The Morgan fingerprint density at radius 1 is 1.16 bits per heavy atom. The minimum atomic E-state index is -0.631. The van der Waals surface area contributed by atoms with Crippen LogP contribution in [0, 0.1) is 6.92 Å². The van der Waals surface area contributed by atoms with Gasteiger partial charge in [-0.05, 0) is 32.0 Å². The number of nitrogens with zero attached hydrogens (tertiary/aromatic N) is 2. The van der Waals surface area contributed by atoms with E-state index in [2.05, 4.69) is 21.2 Å². The number of nitrogens with one attached hydrogen (secondary N) is 1. The molecule has 1 amide bonds. The summed E-state index contributed by atoms with van der Waals surface area (Å²) in [5.74, 6) is 0.358. The maximum Gasteiger partial charge on any atom is 0.280 e. The van der Waals surface area contributed by atoms with E-state index in [9.17, 15) is 4.79 Å². The van der Waals surface area contributed by atoms with E-state index < -0.39 is 6.10 Å². The van der Waals surface area contributed by atoms with Crippen molar-refractivity contribution in [2.75, 3.05) is 0 Å². The molecule has 0 aliphatic carbocycles. The predicted octanol–water partition coefficient (Wildman–Crippen LogP) is 3.40. The molecule has 0 saturated carbocycles. The van der Waals surface area contributed by atoms with E-state index in [1.165, 1.54) is 0 Å². The number of aryl methyl sites for hydroxylation is 1. The van der Waals surface area contributed by atoms with Gasteiger partial charge in [-0.25, -0.2) is 5.43 Å². The summed E-state index contributed by atoms with van der Waals surface area (Å²) in [7, 11) is 2.02. The first-order valence-corrected chi connectivity index (χ1v) is 8.16. The number of hydrogen-bond acceptors (Lipinski definition) is 3. The molecular formula is C20H21N3O2. The van der Waals surface area contributed by atoms with Crippen molar-refractivity contribution in [1.82, 2.24) is 9.99 Å². The van der Waals surface area contributed by atoms with Crippen LogP contribution in [0.5, 0.6) is 5.75 Å². The molecule has 0 aliphatic rings. The maximum absolute atomic E-state index is 12.1. The molecule has 3 aromatic rings. The third-order valence-electron chi connectivity index (χ3n) is 4.24. The fraction of sp³-hybridized carbons (Fsp3) is 0.200. The third-order valence-corrected chi connectivity index (χ3v) is 4.24. The summed E-state index contributed by atoms with van der Waals surface area (Å²) in [5.41, 5.74) is 5.77. The fourth-order valence-corrected chi connectivity index (χ4v) is 2.72. The van der Waals surface area contributed by atoms with Crippen LogP contribution in [-0.4, -0.2) is 22.8 Å². The van der Waals surface area contributed by atoms with E-state index in [0.29, 0.717) is 5.75 Å². The lowest BCUT2D eigenvalue weighted by molar-refractivity contribution is -0.127. The van der Waals surface area contributed by atoms with E-state index in [-0.39, 0.29) is 5.91 Å². The molecule has 0 aliphatic heterocycles. The molecule has 5 nitrogen and oxygen atoms in total. The highest BCUT2D eigenvalue weighted by molar-refractivity contribution is 6.01. The van der Waals surface area contributed by atoms with Crippen molar-refractivity contribution in [2.24, 2.45) is 12.1 Å². The van der Waals surface area contributed by atoms with Gasteiger partial charge in [0.25, 0.3) is 5.91 Å². The fourth-order valence-electron chi connectivity index (χ4n) is 2.72. The largest absolute Gasteiger partial charge is 0.481 e. The first-order valence-electron chi connectivity index (χ1n) is 8.16. The molecule has 1 atom stereocenters. The normalized spacial score (nSPS) is 12.4. The molecule has 2 aromatic carbocycles. The molecule has 0 unspecified atom stereocenters. The lowest BCUT2D eigenvalue weighted by atomic mass is 10.1. The standard InChI is InChI=1S/C20H21N3O2/c1-14-18(17-11-7-8-12-19(17)23(14)3)13-21-22-20(24)15(2)25-16-9-5-4-6-10-16/h4-13,15H,1-3H3,(H,22,24)/t15-/m1/s1. The summed E-state index contributed by atoms with van der Waals surface area (Å²) in [6.07, 6.45) is 1.05. The van der Waals surface area contributed by atoms with Gasteiger partial charge in [-0.15, -0.1) is 0 Å². The van der Waals surface area contributed by atoms with Gasteiger partial charge in [0, 0.05) is 29.2 Å². The molecular weight excluding hydrogens is 314 g/mol. The van der Waals surface area contributed by atoms with Gasteiger partial charge >= 0.3 is 0 Å². The number of rotatable bonds is 5. The van der Waals surface area contributed by atoms with Gasteiger partial charge in [0.15, 0.2) is 6.10 Å². The van der Waals surface area contributed by atoms with Crippen LogP contribution in [-0.2, 0) is 11.8 Å². The van der Waals surface area contributed by atoms with Crippen molar-refractivity contribution in [3.8, 4) is 5.75 Å². The third kappa shape index (κ3) is 3.55. The Kier molecular flexibility index (Phi) is 4.84. The van der Waals surface area contributed by atoms with Crippen LogP contribution >= 0.6 is 0 Å². The van der Waals surface area contributed by atoms with Crippen LogP contribution in [0.3, 0.4) is 0 Å². The number of fused-ring (bicyclic) bond motifs is 1. The molecule has 0 spiro atoms.